The molecule has 0 atom stereocenters. The summed E-state index contributed by atoms with van der Waals surface area (Å²) in [6.45, 7) is 3.67. The van der Waals surface area contributed by atoms with E-state index in [1.165, 1.54) is 0 Å². The number of aryl methyl sites for hydroxylation is 1. The van der Waals surface area contributed by atoms with E-state index in [1.54, 1.807) is 19.1 Å². The number of sulfone groups is 1. The van der Waals surface area contributed by atoms with Crippen LogP contribution in [0.5, 0.6) is 0 Å². The molecule has 0 aromatic heterocycles. The van der Waals surface area contributed by atoms with Crippen molar-refractivity contribution >= 4 is 21.3 Å². The van der Waals surface area contributed by atoms with Crippen LogP contribution in [0.1, 0.15) is 35.7 Å². The Balaban J connectivity index is 2.75. The van der Waals surface area contributed by atoms with Crippen molar-refractivity contribution in [1.29, 1.82) is 0 Å². The molecule has 0 heterocycles. The Labute approximate surface area is 108 Å². The van der Waals surface area contributed by atoms with Gasteiger partial charge in [0, 0.05) is 23.4 Å². The van der Waals surface area contributed by atoms with Gasteiger partial charge in [-0.05, 0) is 25.5 Å². The van der Waals surface area contributed by atoms with Gasteiger partial charge in [-0.15, -0.1) is 0 Å². The molecule has 1 rings (SSSR count). The van der Waals surface area contributed by atoms with Crippen LogP contribution in [0.2, 0.25) is 0 Å². The van der Waals surface area contributed by atoms with E-state index in [9.17, 15) is 13.2 Å². The van der Waals surface area contributed by atoms with Gasteiger partial charge in [-0.1, -0.05) is 18.6 Å². The number of carbonyl (C=O) groups excluding carboxylic acids is 1. The number of Topliss-reactive ketones (excluding diaryl/α,β-unsaturated/α-hetero) is 1. The summed E-state index contributed by atoms with van der Waals surface area (Å²) in [4.78, 5) is 11.9. The normalized spacial score (nSPS) is 11.4. The number of hydrogen-bond acceptors (Lipinski definition) is 4. The number of nitrogen functional groups attached to an aromatic ring is 1. The monoisotopic (exact) mass is 269 g/mol. The smallest absolute Gasteiger partial charge is 0.165 e. The van der Waals surface area contributed by atoms with Gasteiger partial charge in [0.1, 0.15) is 0 Å². The fraction of sp³-hybridized carbons (Fsp3) is 0.462. The first-order chi connectivity index (χ1) is 8.35. The summed E-state index contributed by atoms with van der Waals surface area (Å²) in [6.07, 6.45) is 0.569. The largest absolute Gasteiger partial charge is 0.398 e. The summed E-state index contributed by atoms with van der Waals surface area (Å²) in [5.74, 6) is -0.188. The summed E-state index contributed by atoms with van der Waals surface area (Å²) in [6, 6.07) is 5.19. The van der Waals surface area contributed by atoms with Crippen molar-refractivity contribution in [3.8, 4) is 0 Å². The van der Waals surface area contributed by atoms with Gasteiger partial charge in [-0.2, -0.15) is 0 Å². The number of anilines is 1. The zero-order valence-corrected chi connectivity index (χ0v) is 11.6. The van der Waals surface area contributed by atoms with Crippen molar-refractivity contribution in [2.75, 3.05) is 17.2 Å². The average molecular weight is 269 g/mol. The van der Waals surface area contributed by atoms with Crippen molar-refractivity contribution in [2.45, 2.75) is 26.7 Å². The lowest BCUT2D eigenvalue weighted by molar-refractivity contribution is 0.0989. The second-order valence-corrected chi connectivity index (χ2v) is 6.72. The lowest BCUT2D eigenvalue weighted by Crippen LogP contribution is -2.15. The Bertz CT molecular complexity index is 535. The number of nitrogens with two attached hydrogens (primary N) is 1. The van der Waals surface area contributed by atoms with E-state index in [0.29, 0.717) is 17.7 Å². The topological polar surface area (TPSA) is 77.2 Å². The van der Waals surface area contributed by atoms with Crippen molar-refractivity contribution in [2.24, 2.45) is 0 Å². The summed E-state index contributed by atoms with van der Waals surface area (Å²) >= 11 is 0. The van der Waals surface area contributed by atoms with Crippen LogP contribution in [0, 0.1) is 6.92 Å². The summed E-state index contributed by atoms with van der Waals surface area (Å²) < 4.78 is 23.1. The van der Waals surface area contributed by atoms with Crippen LogP contribution < -0.4 is 5.73 Å². The van der Waals surface area contributed by atoms with E-state index in [2.05, 4.69) is 0 Å². The molecule has 4 nitrogen and oxygen atoms in total. The van der Waals surface area contributed by atoms with Crippen LogP contribution in [0.3, 0.4) is 0 Å². The Morgan fingerprint density at radius 3 is 2.56 bits per heavy atom. The van der Waals surface area contributed by atoms with Crippen LogP contribution in [-0.2, 0) is 9.84 Å². The van der Waals surface area contributed by atoms with Crippen LogP contribution in [0.4, 0.5) is 5.69 Å². The van der Waals surface area contributed by atoms with Crippen molar-refractivity contribution in [3.63, 3.8) is 0 Å². The van der Waals surface area contributed by atoms with Gasteiger partial charge in [0.2, 0.25) is 0 Å². The van der Waals surface area contributed by atoms with E-state index in [4.69, 9.17) is 5.73 Å². The molecule has 1 aromatic carbocycles. The van der Waals surface area contributed by atoms with Gasteiger partial charge in [-0.3, -0.25) is 4.79 Å². The molecule has 0 bridgehead atoms. The fourth-order valence-corrected chi connectivity index (χ4v) is 3.03. The van der Waals surface area contributed by atoms with E-state index < -0.39 is 9.84 Å². The molecule has 0 spiro atoms. The summed E-state index contributed by atoms with van der Waals surface area (Å²) in [7, 11) is -3.12. The maximum Gasteiger partial charge on any atom is 0.165 e. The van der Waals surface area contributed by atoms with E-state index in [1.807, 2.05) is 13.0 Å². The molecule has 0 saturated carbocycles. The second-order valence-electron chi connectivity index (χ2n) is 4.42. The van der Waals surface area contributed by atoms with Gasteiger partial charge in [0.15, 0.2) is 15.6 Å². The van der Waals surface area contributed by atoms with Crippen LogP contribution >= 0.6 is 0 Å². The van der Waals surface area contributed by atoms with Gasteiger partial charge >= 0.3 is 0 Å². The Morgan fingerprint density at radius 1 is 1.28 bits per heavy atom. The standard InChI is InChI=1S/C13H19NO3S/c1-3-7-18(16,17)8-6-13(15)11-9-10(2)4-5-12(11)14/h4-5,9H,3,6-8,14H2,1-2H3. The Hall–Kier alpha value is -1.36. The molecule has 5 heteroatoms. The Kier molecular flexibility index (Phi) is 4.90. The lowest BCUT2D eigenvalue weighted by atomic mass is 10.0. The number of benzene rings is 1. The zero-order valence-electron chi connectivity index (χ0n) is 10.8. The minimum atomic E-state index is -3.12. The second kappa shape index (κ2) is 6.00. The highest BCUT2D eigenvalue weighted by atomic mass is 32.2. The molecule has 0 radical (unpaired) electrons. The van der Waals surface area contributed by atoms with Crippen molar-refractivity contribution < 1.29 is 13.2 Å². The minimum Gasteiger partial charge on any atom is -0.398 e. The van der Waals surface area contributed by atoms with Gasteiger partial charge < -0.3 is 5.73 Å². The zero-order chi connectivity index (χ0) is 13.8. The predicted octanol–water partition coefficient (Wildman–Crippen LogP) is 1.97. The molecule has 0 amide bonds. The third-order valence-electron chi connectivity index (χ3n) is 2.66. The first-order valence-corrected chi connectivity index (χ1v) is 7.77. The Morgan fingerprint density at radius 2 is 1.94 bits per heavy atom. The van der Waals surface area contributed by atoms with Gasteiger partial charge in [0.25, 0.3) is 0 Å². The molecule has 0 aliphatic carbocycles. The first kappa shape index (κ1) is 14.7. The molecule has 18 heavy (non-hydrogen) atoms. The predicted molar refractivity (Wildman–Crippen MR) is 73.5 cm³/mol. The maximum atomic E-state index is 11.9. The van der Waals surface area contributed by atoms with Gasteiger partial charge in [-0.25, -0.2) is 8.42 Å². The quantitative estimate of drug-likeness (QED) is 0.632. The molecule has 0 unspecified atom stereocenters. The summed E-state index contributed by atoms with van der Waals surface area (Å²) in [5, 5.41) is 0. The highest BCUT2D eigenvalue weighted by Crippen LogP contribution is 2.16. The molecule has 0 fully saturated rings. The SMILES string of the molecule is CCCS(=O)(=O)CCC(=O)c1cc(C)ccc1N. The van der Waals surface area contributed by atoms with Crippen molar-refractivity contribution in [1.82, 2.24) is 0 Å². The minimum absolute atomic E-state index is 0.00398. The first-order valence-electron chi connectivity index (χ1n) is 5.95. The van der Waals surface area contributed by atoms with Crippen molar-refractivity contribution in [3.05, 3.63) is 29.3 Å². The van der Waals surface area contributed by atoms with E-state index >= 15 is 0 Å². The number of rotatable bonds is 6. The number of ketones is 1. The maximum absolute atomic E-state index is 11.9. The van der Waals surface area contributed by atoms with Gasteiger partial charge in [0.05, 0.1) is 5.75 Å². The molecule has 0 aliphatic heterocycles. The molecule has 0 saturated heterocycles. The fourth-order valence-electron chi connectivity index (χ4n) is 1.71. The van der Waals surface area contributed by atoms with E-state index in [-0.39, 0.29) is 23.7 Å². The van der Waals surface area contributed by atoms with Crippen LogP contribution in [-0.4, -0.2) is 25.7 Å². The molecule has 0 aliphatic rings. The summed E-state index contributed by atoms with van der Waals surface area (Å²) in [5.41, 5.74) is 7.47. The molecule has 100 valence electrons. The highest BCUT2D eigenvalue weighted by molar-refractivity contribution is 7.91. The molecular formula is C13H19NO3S. The molecule has 2 N–H and O–H groups in total. The third kappa shape index (κ3) is 4.14. The average Bonchev–Trinajstić information content (AvgIpc) is 2.29. The number of hydrogen-bond donors (Lipinski definition) is 1. The lowest BCUT2D eigenvalue weighted by Gasteiger charge is -2.06. The highest BCUT2D eigenvalue weighted by Gasteiger charge is 2.15. The van der Waals surface area contributed by atoms with Crippen LogP contribution in [0.25, 0.3) is 0 Å². The molecule has 1 aromatic rings. The molecular weight excluding hydrogens is 250 g/mol. The van der Waals surface area contributed by atoms with E-state index in [0.717, 1.165) is 5.56 Å². The van der Waals surface area contributed by atoms with Crippen LogP contribution in [0.15, 0.2) is 18.2 Å². The third-order valence-corrected chi connectivity index (χ3v) is 4.52. The number of carbonyl (C=O) groups is 1.